The van der Waals surface area contributed by atoms with Gasteiger partial charge in [0.2, 0.25) is 5.91 Å². The number of anilines is 2. The lowest BCUT2D eigenvalue weighted by Crippen LogP contribution is -2.47. The van der Waals surface area contributed by atoms with Gasteiger partial charge in [-0.1, -0.05) is 62.2 Å². The molecule has 0 spiro atoms. The summed E-state index contributed by atoms with van der Waals surface area (Å²) in [5, 5.41) is 0. The first-order valence-corrected chi connectivity index (χ1v) is 12.1. The summed E-state index contributed by atoms with van der Waals surface area (Å²) in [6, 6.07) is 22.8. The zero-order chi connectivity index (χ0) is 24.1. The second-order valence-corrected chi connectivity index (χ2v) is 8.90. The quantitative estimate of drug-likeness (QED) is 0.361. The lowest BCUT2D eigenvalue weighted by atomic mass is 9.89. The van der Waals surface area contributed by atoms with Crippen LogP contribution in [0, 0.1) is 5.82 Å². The van der Waals surface area contributed by atoms with E-state index in [1.807, 2.05) is 66.4 Å². The summed E-state index contributed by atoms with van der Waals surface area (Å²) in [7, 11) is 0. The highest BCUT2D eigenvalue weighted by atomic mass is 19.1. The predicted molar refractivity (Wildman–Crippen MR) is 135 cm³/mol. The van der Waals surface area contributed by atoms with Gasteiger partial charge in [-0.05, 0) is 61.7 Å². The third-order valence-corrected chi connectivity index (χ3v) is 6.46. The van der Waals surface area contributed by atoms with Gasteiger partial charge in [0, 0.05) is 29.4 Å². The molecule has 2 amide bonds. The van der Waals surface area contributed by atoms with E-state index in [2.05, 4.69) is 6.92 Å². The van der Waals surface area contributed by atoms with Crippen molar-refractivity contribution in [2.75, 3.05) is 9.80 Å². The average molecular weight is 459 g/mol. The van der Waals surface area contributed by atoms with Crippen LogP contribution in [0.1, 0.15) is 67.9 Å². The van der Waals surface area contributed by atoms with E-state index in [0.29, 0.717) is 18.4 Å². The van der Waals surface area contributed by atoms with Crippen LogP contribution < -0.4 is 9.80 Å². The van der Waals surface area contributed by atoms with Gasteiger partial charge in [0.25, 0.3) is 5.91 Å². The number of benzene rings is 3. The van der Waals surface area contributed by atoms with E-state index in [0.717, 1.165) is 36.2 Å². The third-order valence-electron chi connectivity index (χ3n) is 6.46. The van der Waals surface area contributed by atoms with Crippen LogP contribution in [0.25, 0.3) is 0 Å². The molecule has 4 nitrogen and oxygen atoms in total. The van der Waals surface area contributed by atoms with Crippen LogP contribution in [0.5, 0.6) is 0 Å². The number of hydrogen-bond acceptors (Lipinski definition) is 2. The summed E-state index contributed by atoms with van der Waals surface area (Å²) in [4.78, 5) is 30.6. The molecule has 0 aromatic heterocycles. The summed E-state index contributed by atoms with van der Waals surface area (Å²) in [6.07, 6.45) is 4.07. The minimum absolute atomic E-state index is 0.0828. The average Bonchev–Trinajstić information content (AvgIpc) is 2.85. The Morgan fingerprint density at radius 3 is 2.44 bits per heavy atom. The van der Waals surface area contributed by atoms with Crippen LogP contribution in [-0.4, -0.2) is 17.9 Å². The van der Waals surface area contributed by atoms with Gasteiger partial charge in [0.15, 0.2) is 0 Å². The molecule has 0 aliphatic carbocycles. The number of carbonyl (C=O) groups excluding carboxylic acids is 2. The smallest absolute Gasteiger partial charge is 0.258 e. The van der Waals surface area contributed by atoms with Crippen molar-refractivity contribution < 1.29 is 14.0 Å². The Bertz CT molecular complexity index is 1150. The number of fused-ring (bicyclic) bond motifs is 1. The maximum absolute atomic E-state index is 14.0. The van der Waals surface area contributed by atoms with Crippen LogP contribution in [0.15, 0.2) is 78.9 Å². The predicted octanol–water partition coefficient (Wildman–Crippen LogP) is 6.92. The molecule has 1 heterocycles. The minimum Gasteiger partial charge on any atom is -0.309 e. The summed E-state index contributed by atoms with van der Waals surface area (Å²) >= 11 is 0. The molecule has 4 rings (SSSR count). The van der Waals surface area contributed by atoms with Crippen molar-refractivity contribution in [3.8, 4) is 0 Å². The Hall–Kier alpha value is -3.47. The van der Waals surface area contributed by atoms with Crippen molar-refractivity contribution in [3.63, 3.8) is 0 Å². The molecule has 3 aromatic carbocycles. The Labute approximate surface area is 201 Å². The molecule has 176 valence electrons. The van der Waals surface area contributed by atoms with E-state index in [1.165, 1.54) is 12.1 Å². The molecule has 0 unspecified atom stereocenters. The molecule has 2 atom stereocenters. The van der Waals surface area contributed by atoms with Gasteiger partial charge in [0.05, 0.1) is 6.04 Å². The Morgan fingerprint density at radius 1 is 0.971 bits per heavy atom. The van der Waals surface area contributed by atoms with Crippen LogP contribution in [-0.2, 0) is 4.79 Å². The van der Waals surface area contributed by atoms with Gasteiger partial charge in [0.1, 0.15) is 5.82 Å². The molecular formula is C29H31FN2O2. The number of para-hydroxylation sites is 2. The Morgan fingerprint density at radius 2 is 1.71 bits per heavy atom. The van der Waals surface area contributed by atoms with Crippen LogP contribution in [0.2, 0.25) is 0 Å². The molecule has 0 radical (unpaired) electrons. The molecule has 0 saturated carbocycles. The van der Waals surface area contributed by atoms with E-state index in [9.17, 15) is 14.0 Å². The molecule has 3 aromatic rings. The van der Waals surface area contributed by atoms with Crippen molar-refractivity contribution in [1.29, 1.82) is 0 Å². The number of unbranched alkanes of at least 4 members (excludes halogenated alkanes) is 2. The number of hydrogen-bond donors (Lipinski definition) is 0. The van der Waals surface area contributed by atoms with Crippen LogP contribution in [0.3, 0.4) is 0 Å². The lowest BCUT2D eigenvalue weighted by molar-refractivity contribution is -0.119. The molecule has 0 bridgehead atoms. The first-order chi connectivity index (χ1) is 16.5. The molecule has 1 aliphatic rings. The fourth-order valence-electron chi connectivity index (χ4n) is 4.84. The number of rotatable bonds is 7. The van der Waals surface area contributed by atoms with Gasteiger partial charge in [-0.15, -0.1) is 0 Å². The lowest BCUT2D eigenvalue weighted by Gasteiger charge is -2.43. The molecule has 5 heteroatoms. The molecule has 0 saturated heterocycles. The maximum Gasteiger partial charge on any atom is 0.258 e. The fourth-order valence-corrected chi connectivity index (χ4v) is 4.84. The normalized spacial score (nSPS) is 17.2. The second-order valence-electron chi connectivity index (χ2n) is 8.90. The van der Waals surface area contributed by atoms with Crippen molar-refractivity contribution in [3.05, 3.63) is 95.8 Å². The van der Waals surface area contributed by atoms with Gasteiger partial charge < -0.3 is 9.80 Å². The summed E-state index contributed by atoms with van der Waals surface area (Å²) in [6.45, 7) is 4.16. The van der Waals surface area contributed by atoms with Gasteiger partial charge in [-0.2, -0.15) is 0 Å². The van der Waals surface area contributed by atoms with E-state index >= 15 is 0 Å². The molecule has 0 fully saturated rings. The number of carbonyl (C=O) groups is 2. The molecular weight excluding hydrogens is 427 g/mol. The van der Waals surface area contributed by atoms with Crippen LogP contribution >= 0.6 is 0 Å². The van der Waals surface area contributed by atoms with E-state index in [4.69, 9.17) is 0 Å². The minimum atomic E-state index is -0.444. The van der Waals surface area contributed by atoms with Crippen LogP contribution in [0.4, 0.5) is 15.8 Å². The van der Waals surface area contributed by atoms with E-state index in [-0.39, 0.29) is 23.9 Å². The van der Waals surface area contributed by atoms with Gasteiger partial charge in [-0.3, -0.25) is 9.59 Å². The number of halogens is 1. The fraction of sp³-hybridized carbons (Fsp3) is 0.310. The largest absolute Gasteiger partial charge is 0.309 e. The van der Waals surface area contributed by atoms with Crippen molar-refractivity contribution in [1.82, 2.24) is 0 Å². The second kappa shape index (κ2) is 10.6. The molecule has 0 N–H and O–H groups in total. The zero-order valence-electron chi connectivity index (χ0n) is 19.8. The topological polar surface area (TPSA) is 40.6 Å². The SMILES string of the molecule is CCCCCC(=O)N1c2ccccc2[C@H](N(C(=O)c2cccc(F)c2)c2ccccc2)C[C@H]1C. The van der Waals surface area contributed by atoms with E-state index in [1.54, 1.807) is 17.0 Å². The van der Waals surface area contributed by atoms with Crippen molar-refractivity contribution >= 4 is 23.2 Å². The highest BCUT2D eigenvalue weighted by Crippen LogP contribution is 2.43. The molecule has 1 aliphatic heterocycles. The van der Waals surface area contributed by atoms with Crippen molar-refractivity contribution in [2.45, 2.75) is 58.0 Å². The summed E-state index contributed by atoms with van der Waals surface area (Å²) in [5.41, 5.74) is 2.82. The molecule has 34 heavy (non-hydrogen) atoms. The number of amides is 2. The Kier molecular flexibility index (Phi) is 7.41. The first-order valence-electron chi connectivity index (χ1n) is 12.1. The standard InChI is InChI=1S/C29H31FN2O2/c1-3-4-6-18-28(33)31-21(2)19-27(25-16-9-10-17-26(25)31)32(24-14-7-5-8-15-24)29(34)22-12-11-13-23(30)20-22/h5,7-17,20-21,27H,3-4,6,18-19H2,1-2H3/t21-,27-/m1/s1. The summed E-state index contributed by atoms with van der Waals surface area (Å²) < 4.78 is 14.0. The third kappa shape index (κ3) is 4.89. The maximum atomic E-state index is 14.0. The highest BCUT2D eigenvalue weighted by Gasteiger charge is 2.38. The highest BCUT2D eigenvalue weighted by molar-refractivity contribution is 6.07. The van der Waals surface area contributed by atoms with Gasteiger partial charge in [-0.25, -0.2) is 4.39 Å². The van der Waals surface area contributed by atoms with E-state index < -0.39 is 5.82 Å². The zero-order valence-corrected chi connectivity index (χ0v) is 19.8. The van der Waals surface area contributed by atoms with Crippen molar-refractivity contribution in [2.24, 2.45) is 0 Å². The van der Waals surface area contributed by atoms with Gasteiger partial charge >= 0.3 is 0 Å². The first kappa shape index (κ1) is 23.7. The Balaban J connectivity index is 1.76. The monoisotopic (exact) mass is 458 g/mol. The summed E-state index contributed by atoms with van der Waals surface area (Å²) in [5.74, 6) is -0.588. The number of nitrogens with zero attached hydrogens (tertiary/aromatic N) is 2.